The van der Waals surface area contributed by atoms with E-state index in [-0.39, 0.29) is 11.8 Å². The molecule has 3 aromatic rings. The number of anilines is 1. The molecule has 4 rings (SSSR count). The van der Waals surface area contributed by atoms with Crippen molar-refractivity contribution in [2.45, 2.75) is 52.0 Å². The van der Waals surface area contributed by atoms with E-state index in [4.69, 9.17) is 9.40 Å². The largest absolute Gasteiger partial charge is 0.467 e. The summed E-state index contributed by atoms with van der Waals surface area (Å²) >= 11 is 1.60. The van der Waals surface area contributed by atoms with E-state index in [2.05, 4.69) is 25.1 Å². The Bertz CT molecular complexity index is 879. The van der Waals surface area contributed by atoms with Crippen LogP contribution in [0.2, 0.25) is 0 Å². The number of carbonyl (C=O) groups is 1. The summed E-state index contributed by atoms with van der Waals surface area (Å²) in [5, 5.41) is 0.785. The maximum atomic E-state index is 13.3. The van der Waals surface area contributed by atoms with Crippen molar-refractivity contribution >= 4 is 32.6 Å². The van der Waals surface area contributed by atoms with Gasteiger partial charge in [0.15, 0.2) is 5.13 Å². The van der Waals surface area contributed by atoms with E-state index in [9.17, 15) is 4.79 Å². The lowest BCUT2D eigenvalue weighted by Gasteiger charge is -2.27. The zero-order valence-electron chi connectivity index (χ0n) is 15.1. The number of fused-ring (bicyclic) bond motifs is 1. The first-order valence-electron chi connectivity index (χ1n) is 9.48. The fourth-order valence-corrected chi connectivity index (χ4v) is 4.78. The van der Waals surface area contributed by atoms with E-state index >= 15 is 0 Å². The average Bonchev–Trinajstić information content (AvgIpc) is 3.35. The van der Waals surface area contributed by atoms with Gasteiger partial charge in [-0.05, 0) is 43.0 Å². The predicted molar refractivity (Wildman–Crippen MR) is 105 cm³/mol. The molecule has 2 aromatic heterocycles. The van der Waals surface area contributed by atoms with Gasteiger partial charge in [0.2, 0.25) is 5.91 Å². The Labute approximate surface area is 157 Å². The molecule has 0 unspecified atom stereocenters. The van der Waals surface area contributed by atoms with Crippen molar-refractivity contribution in [1.29, 1.82) is 0 Å². The van der Waals surface area contributed by atoms with Crippen molar-refractivity contribution in [3.05, 3.63) is 47.9 Å². The Morgan fingerprint density at radius 3 is 2.81 bits per heavy atom. The Kier molecular flexibility index (Phi) is 5.07. The van der Waals surface area contributed by atoms with Crippen LogP contribution >= 0.6 is 11.3 Å². The van der Waals surface area contributed by atoms with Crippen LogP contribution in [0.1, 0.15) is 50.4 Å². The van der Waals surface area contributed by atoms with Crippen LogP contribution < -0.4 is 4.90 Å². The van der Waals surface area contributed by atoms with Crippen LogP contribution in [0.25, 0.3) is 10.2 Å². The molecule has 0 saturated heterocycles. The normalized spacial score (nSPS) is 15.4. The van der Waals surface area contributed by atoms with Crippen LogP contribution in [-0.4, -0.2) is 10.9 Å². The number of amides is 1. The monoisotopic (exact) mass is 368 g/mol. The van der Waals surface area contributed by atoms with Crippen molar-refractivity contribution in [3.63, 3.8) is 0 Å². The topological polar surface area (TPSA) is 46.3 Å². The number of hydrogen-bond acceptors (Lipinski definition) is 4. The van der Waals surface area contributed by atoms with E-state index in [1.165, 1.54) is 12.0 Å². The van der Waals surface area contributed by atoms with Gasteiger partial charge < -0.3 is 4.42 Å². The molecule has 1 amide bonds. The molecule has 5 heteroatoms. The Hall–Kier alpha value is -2.14. The minimum absolute atomic E-state index is 0.108. The highest BCUT2D eigenvalue weighted by Crippen LogP contribution is 2.34. The maximum Gasteiger partial charge on any atom is 0.232 e. The minimum Gasteiger partial charge on any atom is -0.467 e. The van der Waals surface area contributed by atoms with Crippen LogP contribution in [0.4, 0.5) is 5.13 Å². The SMILES string of the molecule is CCc1cccc2sc(N(Cc3ccco3)C(=O)C3CCCCC3)nc12. The lowest BCUT2D eigenvalue weighted by atomic mass is 9.88. The van der Waals surface area contributed by atoms with Crippen molar-refractivity contribution in [3.8, 4) is 0 Å². The number of aromatic nitrogens is 1. The second-order valence-corrected chi connectivity index (χ2v) is 7.96. The van der Waals surface area contributed by atoms with Crippen LogP contribution in [0, 0.1) is 5.92 Å². The fraction of sp³-hybridized carbons (Fsp3) is 0.429. The molecule has 0 spiro atoms. The lowest BCUT2D eigenvalue weighted by molar-refractivity contribution is -0.123. The quantitative estimate of drug-likeness (QED) is 0.592. The van der Waals surface area contributed by atoms with E-state index in [0.717, 1.165) is 53.2 Å². The Balaban J connectivity index is 1.71. The van der Waals surface area contributed by atoms with Gasteiger partial charge in [0, 0.05) is 5.92 Å². The number of benzene rings is 1. The molecule has 1 aliphatic carbocycles. The van der Waals surface area contributed by atoms with Crippen LogP contribution in [0.15, 0.2) is 41.0 Å². The second-order valence-electron chi connectivity index (χ2n) is 6.95. The summed E-state index contributed by atoms with van der Waals surface area (Å²) < 4.78 is 6.66. The summed E-state index contributed by atoms with van der Waals surface area (Å²) in [6.45, 7) is 2.59. The maximum absolute atomic E-state index is 13.3. The van der Waals surface area contributed by atoms with Crippen molar-refractivity contribution in [2.24, 2.45) is 5.92 Å². The van der Waals surface area contributed by atoms with Crippen molar-refractivity contribution in [2.75, 3.05) is 4.90 Å². The molecule has 4 nitrogen and oxygen atoms in total. The Morgan fingerprint density at radius 2 is 2.08 bits per heavy atom. The van der Waals surface area contributed by atoms with Crippen LogP contribution in [0.5, 0.6) is 0 Å². The molecular formula is C21H24N2O2S. The van der Waals surface area contributed by atoms with Gasteiger partial charge in [0.25, 0.3) is 0 Å². The van der Waals surface area contributed by atoms with Crippen molar-refractivity contribution < 1.29 is 9.21 Å². The molecular weight excluding hydrogens is 344 g/mol. The van der Waals surface area contributed by atoms with Gasteiger partial charge in [-0.1, -0.05) is 49.7 Å². The molecule has 1 saturated carbocycles. The van der Waals surface area contributed by atoms with Crippen LogP contribution in [-0.2, 0) is 17.8 Å². The number of furan rings is 1. The van der Waals surface area contributed by atoms with Gasteiger partial charge >= 0.3 is 0 Å². The molecule has 0 radical (unpaired) electrons. The zero-order chi connectivity index (χ0) is 17.9. The zero-order valence-corrected chi connectivity index (χ0v) is 15.9. The van der Waals surface area contributed by atoms with E-state index in [0.29, 0.717) is 6.54 Å². The number of hydrogen-bond donors (Lipinski definition) is 0. The standard InChI is InChI=1S/C21H24N2O2S/c1-2-15-10-6-12-18-19(15)22-21(26-18)23(14-17-11-7-13-25-17)20(24)16-8-4-3-5-9-16/h6-7,10-13,16H,2-5,8-9,14H2,1H3. The number of thiazole rings is 1. The van der Waals surface area contributed by atoms with Gasteiger partial charge in [0.05, 0.1) is 23.0 Å². The highest BCUT2D eigenvalue weighted by atomic mass is 32.1. The summed E-state index contributed by atoms with van der Waals surface area (Å²) in [5.41, 5.74) is 2.25. The highest BCUT2D eigenvalue weighted by molar-refractivity contribution is 7.22. The Morgan fingerprint density at radius 1 is 1.23 bits per heavy atom. The number of para-hydroxylation sites is 1. The molecule has 136 valence electrons. The second kappa shape index (κ2) is 7.62. The predicted octanol–water partition coefficient (Wildman–Crippen LogP) is 5.57. The van der Waals surface area contributed by atoms with Gasteiger partial charge in [0.1, 0.15) is 5.76 Å². The van der Waals surface area contributed by atoms with E-state index in [1.807, 2.05) is 17.0 Å². The first-order valence-corrected chi connectivity index (χ1v) is 10.3. The third-order valence-electron chi connectivity index (χ3n) is 5.22. The summed E-state index contributed by atoms with van der Waals surface area (Å²) in [4.78, 5) is 20.0. The first-order chi connectivity index (χ1) is 12.8. The molecule has 1 aliphatic rings. The van der Waals surface area contributed by atoms with Gasteiger partial charge in [-0.3, -0.25) is 9.69 Å². The summed E-state index contributed by atoms with van der Waals surface area (Å²) in [7, 11) is 0. The lowest BCUT2D eigenvalue weighted by Crippen LogP contribution is -2.36. The molecule has 0 N–H and O–H groups in total. The number of carbonyl (C=O) groups excluding carboxylic acids is 1. The molecule has 0 atom stereocenters. The first kappa shape index (κ1) is 17.3. The molecule has 1 fully saturated rings. The van der Waals surface area contributed by atoms with Gasteiger partial charge in [-0.25, -0.2) is 4.98 Å². The summed E-state index contributed by atoms with van der Waals surface area (Å²) in [6.07, 6.45) is 8.09. The smallest absolute Gasteiger partial charge is 0.232 e. The molecule has 26 heavy (non-hydrogen) atoms. The summed E-state index contributed by atoms with van der Waals surface area (Å²) in [5.74, 6) is 1.10. The number of rotatable bonds is 5. The minimum atomic E-state index is 0.108. The molecule has 1 aromatic carbocycles. The molecule has 2 heterocycles. The number of nitrogens with zero attached hydrogens (tertiary/aromatic N) is 2. The number of aryl methyl sites for hydroxylation is 1. The van der Waals surface area contributed by atoms with Crippen molar-refractivity contribution in [1.82, 2.24) is 4.98 Å². The fourth-order valence-electron chi connectivity index (χ4n) is 3.76. The highest BCUT2D eigenvalue weighted by Gasteiger charge is 2.29. The molecule has 0 bridgehead atoms. The van der Waals surface area contributed by atoms with E-state index in [1.54, 1.807) is 17.6 Å². The third kappa shape index (κ3) is 3.40. The van der Waals surface area contributed by atoms with Crippen LogP contribution in [0.3, 0.4) is 0 Å². The third-order valence-corrected chi connectivity index (χ3v) is 6.26. The van der Waals surface area contributed by atoms with Gasteiger partial charge in [-0.2, -0.15) is 0 Å². The van der Waals surface area contributed by atoms with E-state index < -0.39 is 0 Å². The molecule has 0 aliphatic heterocycles. The summed E-state index contributed by atoms with van der Waals surface area (Å²) in [6, 6.07) is 10.1. The average molecular weight is 369 g/mol. The van der Waals surface area contributed by atoms with Gasteiger partial charge in [-0.15, -0.1) is 0 Å².